The fraction of sp³-hybridized carbons (Fsp3) is 0.0714. The Morgan fingerprint density at radius 1 is 1.33 bits per heavy atom. The quantitative estimate of drug-likeness (QED) is 0.770. The van der Waals surface area contributed by atoms with Crippen molar-refractivity contribution in [2.24, 2.45) is 0 Å². The molecule has 3 aromatic rings. The van der Waals surface area contributed by atoms with Gasteiger partial charge in [-0.25, -0.2) is 14.8 Å². The minimum Gasteiger partial charge on any atom is -0.495 e. The van der Waals surface area contributed by atoms with Crippen LogP contribution in [0, 0.1) is 0 Å². The van der Waals surface area contributed by atoms with Crippen molar-refractivity contribution in [1.82, 2.24) is 9.97 Å². The van der Waals surface area contributed by atoms with Gasteiger partial charge in [-0.05, 0) is 29.6 Å². The summed E-state index contributed by atoms with van der Waals surface area (Å²) >= 11 is 1.51. The van der Waals surface area contributed by atoms with Gasteiger partial charge in [-0.3, -0.25) is 0 Å². The molecule has 0 atom stereocenters. The highest BCUT2D eigenvalue weighted by Gasteiger charge is 2.12. The molecule has 6 nitrogen and oxygen atoms in total. The zero-order chi connectivity index (χ0) is 14.8. The maximum Gasteiger partial charge on any atom is 0.335 e. The first kappa shape index (κ1) is 13.3. The van der Waals surface area contributed by atoms with Crippen molar-refractivity contribution in [1.29, 1.82) is 0 Å². The predicted octanol–water partition coefficient (Wildman–Crippen LogP) is 3.14. The molecule has 0 amide bonds. The molecular weight excluding hydrogens is 290 g/mol. The van der Waals surface area contributed by atoms with E-state index in [9.17, 15) is 4.79 Å². The molecule has 2 N–H and O–H groups in total. The van der Waals surface area contributed by atoms with Crippen molar-refractivity contribution in [2.45, 2.75) is 0 Å². The summed E-state index contributed by atoms with van der Waals surface area (Å²) in [5.74, 6) is 0.170. The maximum absolute atomic E-state index is 11.1. The highest BCUT2D eigenvalue weighted by molar-refractivity contribution is 7.17. The number of benzene rings is 1. The van der Waals surface area contributed by atoms with Crippen LogP contribution in [0.2, 0.25) is 0 Å². The van der Waals surface area contributed by atoms with Gasteiger partial charge in [0.1, 0.15) is 12.1 Å². The lowest BCUT2D eigenvalue weighted by molar-refractivity contribution is 0.0697. The summed E-state index contributed by atoms with van der Waals surface area (Å²) in [7, 11) is 1.53. The minimum atomic E-state index is -0.996. The Bertz CT molecular complexity index is 816. The number of nitrogens with zero attached hydrogens (tertiary/aromatic N) is 2. The zero-order valence-corrected chi connectivity index (χ0v) is 11.8. The van der Waals surface area contributed by atoms with Gasteiger partial charge in [-0.1, -0.05) is 0 Å². The SMILES string of the molecule is COc1ccc(C(=O)O)cc1Nc1ncnc2ccsc12. The van der Waals surface area contributed by atoms with Crippen LogP contribution >= 0.6 is 11.3 Å². The van der Waals surface area contributed by atoms with Crippen LogP contribution in [0.15, 0.2) is 36.0 Å². The van der Waals surface area contributed by atoms with Crippen molar-refractivity contribution < 1.29 is 14.6 Å². The van der Waals surface area contributed by atoms with Gasteiger partial charge in [0.05, 0.1) is 28.6 Å². The summed E-state index contributed by atoms with van der Waals surface area (Å²) < 4.78 is 6.15. The number of nitrogens with one attached hydrogen (secondary N) is 1. The lowest BCUT2D eigenvalue weighted by Crippen LogP contribution is -2.01. The smallest absolute Gasteiger partial charge is 0.335 e. The lowest BCUT2D eigenvalue weighted by atomic mass is 10.2. The van der Waals surface area contributed by atoms with Gasteiger partial charge in [0.25, 0.3) is 0 Å². The third-order valence-electron chi connectivity index (χ3n) is 2.94. The Morgan fingerprint density at radius 2 is 2.19 bits per heavy atom. The van der Waals surface area contributed by atoms with Gasteiger partial charge in [0, 0.05) is 0 Å². The van der Waals surface area contributed by atoms with Gasteiger partial charge in [-0.2, -0.15) is 0 Å². The van der Waals surface area contributed by atoms with E-state index in [0.717, 1.165) is 10.2 Å². The summed E-state index contributed by atoms with van der Waals surface area (Å²) in [4.78, 5) is 19.5. The Kier molecular flexibility index (Phi) is 3.41. The Morgan fingerprint density at radius 3 is 2.95 bits per heavy atom. The van der Waals surface area contributed by atoms with Crippen LogP contribution in [0.25, 0.3) is 10.2 Å². The second-order valence-electron chi connectivity index (χ2n) is 4.20. The number of rotatable bonds is 4. The highest BCUT2D eigenvalue weighted by Crippen LogP contribution is 2.32. The van der Waals surface area contributed by atoms with E-state index in [-0.39, 0.29) is 5.56 Å². The largest absolute Gasteiger partial charge is 0.495 e. The molecule has 0 fully saturated rings. The predicted molar refractivity (Wildman–Crippen MR) is 80.7 cm³/mol. The number of carboxylic acids is 1. The number of aromatic carboxylic acids is 1. The molecule has 7 heteroatoms. The average Bonchev–Trinajstić information content (AvgIpc) is 2.96. The Labute approximate surface area is 124 Å². The summed E-state index contributed by atoms with van der Waals surface area (Å²) in [6.07, 6.45) is 1.46. The molecule has 0 aliphatic rings. The molecule has 0 saturated carbocycles. The number of carbonyl (C=O) groups is 1. The van der Waals surface area contributed by atoms with Crippen molar-refractivity contribution in [3.63, 3.8) is 0 Å². The number of anilines is 2. The van der Waals surface area contributed by atoms with Crippen LogP contribution in [0.4, 0.5) is 11.5 Å². The highest BCUT2D eigenvalue weighted by atomic mass is 32.1. The van der Waals surface area contributed by atoms with E-state index in [1.807, 2.05) is 11.4 Å². The number of methoxy groups -OCH3 is 1. The minimum absolute atomic E-state index is 0.176. The number of carboxylic acid groups (broad SMARTS) is 1. The summed E-state index contributed by atoms with van der Waals surface area (Å²) in [6.45, 7) is 0. The molecule has 0 radical (unpaired) electrons. The third-order valence-corrected chi connectivity index (χ3v) is 3.85. The first-order chi connectivity index (χ1) is 10.2. The molecule has 0 bridgehead atoms. The van der Waals surface area contributed by atoms with E-state index in [1.54, 1.807) is 6.07 Å². The number of aromatic nitrogens is 2. The van der Waals surface area contributed by atoms with Gasteiger partial charge in [-0.15, -0.1) is 11.3 Å². The molecule has 0 aliphatic heterocycles. The molecule has 2 heterocycles. The van der Waals surface area contributed by atoms with E-state index in [1.165, 1.54) is 36.9 Å². The molecule has 106 valence electrons. The molecule has 0 unspecified atom stereocenters. The molecule has 0 aliphatic carbocycles. The molecular formula is C14H11N3O3S. The van der Waals surface area contributed by atoms with Gasteiger partial charge in [0.15, 0.2) is 5.82 Å². The Hall–Kier alpha value is -2.67. The maximum atomic E-state index is 11.1. The standard InChI is InChI=1S/C14H11N3O3S/c1-20-11-3-2-8(14(18)19)6-10(11)17-13-12-9(4-5-21-12)15-7-16-13/h2-7H,1H3,(H,18,19)(H,15,16,17). The van der Waals surface area contributed by atoms with Crippen LogP contribution in [-0.2, 0) is 0 Å². The van der Waals surface area contributed by atoms with Gasteiger partial charge < -0.3 is 15.2 Å². The molecule has 0 saturated heterocycles. The fourth-order valence-electron chi connectivity index (χ4n) is 1.94. The lowest BCUT2D eigenvalue weighted by Gasteiger charge is -2.11. The second kappa shape index (κ2) is 5.37. The molecule has 3 rings (SSSR count). The van der Waals surface area contributed by atoms with Crippen LogP contribution in [0.3, 0.4) is 0 Å². The summed E-state index contributed by atoms with van der Waals surface area (Å²) in [6, 6.07) is 6.52. The summed E-state index contributed by atoms with van der Waals surface area (Å²) in [5, 5.41) is 14.1. The zero-order valence-electron chi connectivity index (χ0n) is 11.0. The fourth-order valence-corrected chi connectivity index (χ4v) is 2.73. The van der Waals surface area contributed by atoms with Crippen LogP contribution in [-0.4, -0.2) is 28.2 Å². The van der Waals surface area contributed by atoms with Crippen molar-refractivity contribution in [3.8, 4) is 5.75 Å². The van der Waals surface area contributed by atoms with E-state index in [4.69, 9.17) is 9.84 Å². The number of ether oxygens (including phenoxy) is 1. The van der Waals surface area contributed by atoms with Gasteiger partial charge in [0.2, 0.25) is 0 Å². The first-order valence-electron chi connectivity index (χ1n) is 6.05. The molecule has 1 aromatic carbocycles. The van der Waals surface area contributed by atoms with Crippen molar-refractivity contribution in [3.05, 3.63) is 41.5 Å². The van der Waals surface area contributed by atoms with Gasteiger partial charge >= 0.3 is 5.97 Å². The van der Waals surface area contributed by atoms with E-state index >= 15 is 0 Å². The molecule has 21 heavy (non-hydrogen) atoms. The van der Waals surface area contributed by atoms with E-state index < -0.39 is 5.97 Å². The number of hydrogen-bond donors (Lipinski definition) is 2. The van der Waals surface area contributed by atoms with E-state index in [0.29, 0.717) is 17.3 Å². The van der Waals surface area contributed by atoms with Crippen molar-refractivity contribution in [2.75, 3.05) is 12.4 Å². The topological polar surface area (TPSA) is 84.3 Å². The first-order valence-corrected chi connectivity index (χ1v) is 6.93. The molecule has 0 spiro atoms. The third kappa shape index (κ3) is 2.50. The number of fused-ring (bicyclic) bond motifs is 1. The monoisotopic (exact) mass is 301 g/mol. The summed E-state index contributed by atoms with van der Waals surface area (Å²) in [5.41, 5.74) is 1.56. The van der Waals surface area contributed by atoms with Crippen LogP contribution < -0.4 is 10.1 Å². The van der Waals surface area contributed by atoms with E-state index in [2.05, 4.69) is 15.3 Å². The molecule has 2 aromatic heterocycles. The second-order valence-corrected chi connectivity index (χ2v) is 5.12. The number of hydrogen-bond acceptors (Lipinski definition) is 6. The Balaban J connectivity index is 2.06. The van der Waals surface area contributed by atoms with Crippen LogP contribution in [0.5, 0.6) is 5.75 Å². The average molecular weight is 301 g/mol. The van der Waals surface area contributed by atoms with Crippen molar-refractivity contribution >= 4 is 39.0 Å². The number of thiophene rings is 1. The van der Waals surface area contributed by atoms with Crippen LogP contribution in [0.1, 0.15) is 10.4 Å². The normalized spacial score (nSPS) is 10.5.